The molecule has 5 heteroatoms. The molecule has 2 amide bonds. The van der Waals surface area contributed by atoms with Crippen LogP contribution in [0.3, 0.4) is 0 Å². The van der Waals surface area contributed by atoms with Crippen LogP contribution in [-0.2, 0) is 0 Å². The van der Waals surface area contributed by atoms with Crippen molar-refractivity contribution in [3.05, 3.63) is 48.8 Å². The molecule has 112 valence electrons. The van der Waals surface area contributed by atoms with Gasteiger partial charge in [-0.2, -0.15) is 5.10 Å². The zero-order valence-electron chi connectivity index (χ0n) is 12.4. The molecule has 1 atom stereocenters. The van der Waals surface area contributed by atoms with Gasteiger partial charge in [0.2, 0.25) is 0 Å². The number of nitrogens with zero attached hydrogens (tertiary/aromatic N) is 2. The van der Waals surface area contributed by atoms with Crippen molar-refractivity contribution < 1.29 is 4.79 Å². The Bertz CT molecular complexity index is 543. The smallest absolute Gasteiger partial charge is 0.315 e. The average Bonchev–Trinajstić information content (AvgIpc) is 3.00. The van der Waals surface area contributed by atoms with E-state index in [1.807, 2.05) is 25.3 Å². The molecule has 21 heavy (non-hydrogen) atoms. The molecule has 1 aliphatic rings. The molecular formula is C16H22N4O. The third-order valence-electron chi connectivity index (χ3n) is 3.36. The second-order valence-electron chi connectivity index (χ2n) is 5.20. The number of allylic oxidation sites excluding steroid dienone is 2. The summed E-state index contributed by atoms with van der Waals surface area (Å²) in [5, 5.41) is 9.95. The Labute approximate surface area is 125 Å². The topological polar surface area (TPSA) is 59.0 Å². The molecule has 0 saturated heterocycles. The predicted molar refractivity (Wildman–Crippen MR) is 84.6 cm³/mol. The van der Waals surface area contributed by atoms with E-state index in [0.717, 1.165) is 30.5 Å². The lowest BCUT2D eigenvalue weighted by molar-refractivity contribution is 0.237. The van der Waals surface area contributed by atoms with Crippen LogP contribution in [-0.4, -0.2) is 28.4 Å². The van der Waals surface area contributed by atoms with Crippen LogP contribution >= 0.6 is 0 Å². The highest BCUT2D eigenvalue weighted by Gasteiger charge is 2.12. The van der Waals surface area contributed by atoms with Crippen LogP contribution < -0.4 is 10.6 Å². The molecule has 0 unspecified atom stereocenters. The first kappa shape index (κ1) is 15.1. The lowest BCUT2D eigenvalue weighted by Gasteiger charge is -2.19. The van der Waals surface area contributed by atoms with Gasteiger partial charge in [-0.3, -0.25) is 0 Å². The summed E-state index contributed by atoms with van der Waals surface area (Å²) in [4.78, 5) is 11.8. The molecular weight excluding hydrogens is 264 g/mol. The average molecular weight is 286 g/mol. The minimum absolute atomic E-state index is 0.137. The fraction of sp³-hybridized carbons (Fsp3) is 0.375. The van der Waals surface area contributed by atoms with E-state index in [1.165, 1.54) is 0 Å². The van der Waals surface area contributed by atoms with Crippen LogP contribution in [0.15, 0.2) is 48.8 Å². The van der Waals surface area contributed by atoms with Gasteiger partial charge in [-0.1, -0.05) is 18.7 Å². The number of carbonyl (C=O) groups excluding carboxylic acids is 1. The summed E-state index contributed by atoms with van der Waals surface area (Å²) in [6, 6.07) is 1.97. The molecule has 2 rings (SSSR count). The van der Waals surface area contributed by atoms with E-state index in [4.69, 9.17) is 0 Å². The lowest BCUT2D eigenvalue weighted by Crippen LogP contribution is -2.42. The summed E-state index contributed by atoms with van der Waals surface area (Å²) in [6.07, 6.45) is 12.7. The van der Waals surface area contributed by atoms with Crippen molar-refractivity contribution in [2.75, 3.05) is 6.54 Å². The van der Waals surface area contributed by atoms with Gasteiger partial charge >= 0.3 is 6.03 Å². The highest BCUT2D eigenvalue weighted by molar-refractivity contribution is 5.74. The Morgan fingerprint density at radius 2 is 2.38 bits per heavy atom. The first-order valence-electron chi connectivity index (χ1n) is 7.20. The molecule has 0 bridgehead atoms. The van der Waals surface area contributed by atoms with Crippen LogP contribution in [0.25, 0.3) is 5.70 Å². The van der Waals surface area contributed by atoms with Crippen LogP contribution in [0.4, 0.5) is 4.79 Å². The third-order valence-corrected chi connectivity index (χ3v) is 3.36. The molecule has 1 heterocycles. The molecule has 1 aromatic rings. The molecule has 2 N–H and O–H groups in total. The van der Waals surface area contributed by atoms with E-state index in [9.17, 15) is 4.79 Å². The molecule has 0 fully saturated rings. The summed E-state index contributed by atoms with van der Waals surface area (Å²) in [7, 11) is 0. The predicted octanol–water partition coefficient (Wildman–Crippen LogP) is 2.71. The quantitative estimate of drug-likeness (QED) is 0.646. The van der Waals surface area contributed by atoms with Gasteiger partial charge in [-0.25, -0.2) is 9.48 Å². The molecule has 5 nitrogen and oxygen atoms in total. The number of aromatic nitrogens is 2. The van der Waals surface area contributed by atoms with Crippen molar-refractivity contribution in [3.8, 4) is 0 Å². The van der Waals surface area contributed by atoms with Gasteiger partial charge in [-0.05, 0) is 43.9 Å². The Hall–Kier alpha value is -2.30. The minimum atomic E-state index is -0.137. The summed E-state index contributed by atoms with van der Waals surface area (Å²) in [5.41, 5.74) is 1.80. The Morgan fingerprint density at radius 1 is 1.52 bits per heavy atom. The fourth-order valence-electron chi connectivity index (χ4n) is 2.24. The molecule has 0 saturated carbocycles. The van der Waals surface area contributed by atoms with Crippen LogP contribution in [0.5, 0.6) is 0 Å². The summed E-state index contributed by atoms with van der Waals surface area (Å²) in [6.45, 7) is 6.33. The maximum absolute atomic E-state index is 11.8. The first-order chi connectivity index (χ1) is 10.1. The highest BCUT2D eigenvalue weighted by atomic mass is 16.2. The van der Waals surface area contributed by atoms with Gasteiger partial charge in [0.15, 0.2) is 0 Å². The fourth-order valence-corrected chi connectivity index (χ4v) is 2.24. The van der Waals surface area contributed by atoms with E-state index in [-0.39, 0.29) is 12.1 Å². The van der Waals surface area contributed by atoms with Gasteiger partial charge in [0, 0.05) is 30.7 Å². The van der Waals surface area contributed by atoms with Gasteiger partial charge in [0.25, 0.3) is 0 Å². The van der Waals surface area contributed by atoms with E-state index in [1.54, 1.807) is 10.9 Å². The number of nitrogens with one attached hydrogen (secondary N) is 2. The Kier molecular flexibility index (Phi) is 5.37. The van der Waals surface area contributed by atoms with Crippen molar-refractivity contribution in [1.29, 1.82) is 0 Å². The van der Waals surface area contributed by atoms with Crippen molar-refractivity contribution in [3.63, 3.8) is 0 Å². The third kappa shape index (κ3) is 4.95. The number of amides is 2. The lowest BCUT2D eigenvalue weighted by atomic mass is 10.0. The first-order valence-corrected chi connectivity index (χ1v) is 7.20. The number of carbonyl (C=O) groups is 1. The van der Waals surface area contributed by atoms with Gasteiger partial charge in [0.1, 0.15) is 0 Å². The molecule has 1 aromatic heterocycles. The number of rotatable bonds is 5. The van der Waals surface area contributed by atoms with Gasteiger partial charge in [0.05, 0.1) is 0 Å². The molecule has 1 aliphatic carbocycles. The number of hydrogen-bond donors (Lipinski definition) is 2. The normalized spacial score (nSPS) is 18.3. The highest BCUT2D eigenvalue weighted by Crippen LogP contribution is 2.10. The van der Waals surface area contributed by atoms with Crippen LogP contribution in [0.2, 0.25) is 0 Å². The van der Waals surface area contributed by atoms with Gasteiger partial charge < -0.3 is 10.6 Å². The second kappa shape index (κ2) is 7.47. The molecule has 0 aromatic carbocycles. The Balaban J connectivity index is 1.74. The largest absolute Gasteiger partial charge is 0.335 e. The van der Waals surface area contributed by atoms with Crippen molar-refractivity contribution in [2.45, 2.75) is 32.2 Å². The van der Waals surface area contributed by atoms with Crippen molar-refractivity contribution >= 4 is 11.7 Å². The van der Waals surface area contributed by atoms with E-state index in [0.29, 0.717) is 6.54 Å². The maximum atomic E-state index is 11.8. The molecule has 0 spiro atoms. The molecule has 0 aliphatic heterocycles. The molecule has 0 radical (unpaired) electrons. The standard InChI is InChI=1S/C16H22N4O/c1-13(11-14(2)20-10-6-9-18-20)12-17-16(21)19-15-7-4-3-5-8-15/h3-4,6,9-11,15H,1,5,7-8,12H2,2H3,(H2,17,19,21)/b14-11+/t15-/m1/s1. The van der Waals surface area contributed by atoms with Crippen molar-refractivity contribution in [1.82, 2.24) is 20.4 Å². The second-order valence-corrected chi connectivity index (χ2v) is 5.20. The SMILES string of the molecule is C=C(/C=C(\C)n1cccn1)CNC(=O)N[C@@H]1CC=CCC1. The maximum Gasteiger partial charge on any atom is 0.315 e. The van der Waals surface area contributed by atoms with Crippen LogP contribution in [0, 0.1) is 0 Å². The summed E-state index contributed by atoms with van der Waals surface area (Å²) >= 11 is 0. The monoisotopic (exact) mass is 286 g/mol. The zero-order chi connectivity index (χ0) is 15.1. The summed E-state index contributed by atoms with van der Waals surface area (Å²) in [5.74, 6) is 0. The minimum Gasteiger partial charge on any atom is -0.335 e. The van der Waals surface area contributed by atoms with Crippen molar-refractivity contribution in [2.24, 2.45) is 0 Å². The van der Waals surface area contributed by atoms with Crippen LogP contribution in [0.1, 0.15) is 26.2 Å². The zero-order valence-corrected chi connectivity index (χ0v) is 12.4. The van der Waals surface area contributed by atoms with Gasteiger partial charge in [-0.15, -0.1) is 0 Å². The van der Waals surface area contributed by atoms with E-state index in [2.05, 4.69) is 34.5 Å². The number of hydrogen-bond acceptors (Lipinski definition) is 2. The van der Waals surface area contributed by atoms with E-state index < -0.39 is 0 Å². The van der Waals surface area contributed by atoms with E-state index >= 15 is 0 Å². The Morgan fingerprint density at radius 3 is 3.05 bits per heavy atom. The number of urea groups is 1. The summed E-state index contributed by atoms with van der Waals surface area (Å²) < 4.78 is 1.76.